The van der Waals surface area contributed by atoms with E-state index in [-0.39, 0.29) is 5.69 Å². The van der Waals surface area contributed by atoms with Gasteiger partial charge in [0.25, 0.3) is 5.69 Å². The van der Waals surface area contributed by atoms with Crippen molar-refractivity contribution in [3.05, 3.63) is 46.1 Å². The quantitative estimate of drug-likeness (QED) is 0.628. The molecule has 0 saturated carbocycles. The maximum absolute atomic E-state index is 10.5. The average Bonchev–Trinajstić information content (AvgIpc) is 2.28. The minimum absolute atomic E-state index is 0.0365. The van der Waals surface area contributed by atoms with Gasteiger partial charge in [-0.3, -0.25) is 10.1 Å². The lowest BCUT2D eigenvalue weighted by atomic mass is 10.2. The normalized spacial score (nSPS) is 10.2. The second-order valence-electron chi connectivity index (χ2n) is 3.56. The summed E-state index contributed by atoms with van der Waals surface area (Å²) in [4.78, 5) is 18.4. The van der Waals surface area contributed by atoms with Crippen molar-refractivity contribution in [2.45, 2.75) is 6.92 Å². The summed E-state index contributed by atoms with van der Waals surface area (Å²) in [6, 6.07) is 7.70. The Hall–Kier alpha value is -2.50. The number of hydrogen-bond acceptors (Lipinski definition) is 5. The van der Waals surface area contributed by atoms with Gasteiger partial charge in [0, 0.05) is 29.5 Å². The molecule has 86 valence electrons. The molecule has 1 aromatic heterocycles. The summed E-state index contributed by atoms with van der Waals surface area (Å²) in [5.74, 6) is 0.850. The van der Waals surface area contributed by atoms with Gasteiger partial charge in [0.15, 0.2) is 5.82 Å². The van der Waals surface area contributed by atoms with Crippen LogP contribution in [-0.2, 0) is 0 Å². The summed E-state index contributed by atoms with van der Waals surface area (Å²) >= 11 is 0. The Labute approximate surface area is 97.3 Å². The molecule has 0 fully saturated rings. The van der Waals surface area contributed by atoms with Crippen LogP contribution in [0.4, 0.5) is 11.5 Å². The van der Waals surface area contributed by atoms with E-state index in [0.717, 1.165) is 5.69 Å². The number of nitro benzene ring substituents is 1. The first-order chi connectivity index (χ1) is 8.06. The summed E-state index contributed by atoms with van der Waals surface area (Å²) in [6.07, 6.45) is 0. The molecule has 0 spiro atoms. The minimum atomic E-state index is -0.449. The molecule has 0 radical (unpaired) electrons. The number of hydrogen-bond donors (Lipinski definition) is 1. The molecule has 6 heteroatoms. The zero-order valence-electron chi connectivity index (χ0n) is 9.12. The molecule has 1 heterocycles. The molecule has 0 saturated heterocycles. The number of nitrogens with zero attached hydrogens (tertiary/aromatic N) is 3. The van der Waals surface area contributed by atoms with Crippen LogP contribution < -0.4 is 5.73 Å². The van der Waals surface area contributed by atoms with E-state index in [2.05, 4.69) is 9.97 Å². The van der Waals surface area contributed by atoms with Gasteiger partial charge in [-0.2, -0.15) is 0 Å². The van der Waals surface area contributed by atoms with Gasteiger partial charge in [0.05, 0.1) is 4.92 Å². The maximum Gasteiger partial charge on any atom is 0.269 e. The SMILES string of the molecule is Cc1cc(N)nc(-c2ccc([N+](=O)[O-])cc2)n1. The Balaban J connectivity index is 2.43. The second-order valence-corrected chi connectivity index (χ2v) is 3.56. The first kappa shape index (κ1) is 11.0. The van der Waals surface area contributed by atoms with Crippen molar-refractivity contribution in [2.24, 2.45) is 0 Å². The molecule has 0 aliphatic rings. The van der Waals surface area contributed by atoms with Gasteiger partial charge in [-0.25, -0.2) is 9.97 Å². The van der Waals surface area contributed by atoms with E-state index in [1.165, 1.54) is 12.1 Å². The molecule has 0 atom stereocenters. The van der Waals surface area contributed by atoms with E-state index in [1.807, 2.05) is 6.92 Å². The third kappa shape index (κ3) is 2.36. The van der Waals surface area contributed by atoms with E-state index in [4.69, 9.17) is 5.73 Å². The Morgan fingerprint density at radius 3 is 2.41 bits per heavy atom. The van der Waals surface area contributed by atoms with Crippen LogP contribution >= 0.6 is 0 Å². The fourth-order valence-electron chi connectivity index (χ4n) is 1.45. The predicted molar refractivity (Wildman–Crippen MR) is 63.3 cm³/mol. The topological polar surface area (TPSA) is 94.9 Å². The van der Waals surface area contributed by atoms with Crippen molar-refractivity contribution in [2.75, 3.05) is 5.73 Å². The van der Waals surface area contributed by atoms with E-state index >= 15 is 0 Å². The molecular weight excluding hydrogens is 220 g/mol. The van der Waals surface area contributed by atoms with Crippen LogP contribution in [0.25, 0.3) is 11.4 Å². The Morgan fingerprint density at radius 2 is 1.88 bits per heavy atom. The van der Waals surface area contributed by atoms with Gasteiger partial charge >= 0.3 is 0 Å². The van der Waals surface area contributed by atoms with Crippen molar-refractivity contribution in [3.63, 3.8) is 0 Å². The highest BCUT2D eigenvalue weighted by atomic mass is 16.6. The van der Waals surface area contributed by atoms with Crippen LogP contribution in [0.2, 0.25) is 0 Å². The highest BCUT2D eigenvalue weighted by molar-refractivity contribution is 5.58. The first-order valence-corrected chi connectivity index (χ1v) is 4.92. The second kappa shape index (κ2) is 4.17. The molecule has 6 nitrogen and oxygen atoms in total. The lowest BCUT2D eigenvalue weighted by Crippen LogP contribution is -1.97. The molecule has 2 rings (SSSR count). The number of rotatable bonds is 2. The van der Waals surface area contributed by atoms with Crippen LogP contribution in [0.3, 0.4) is 0 Å². The molecule has 0 amide bonds. The summed E-state index contributed by atoms with van der Waals surface area (Å²) < 4.78 is 0. The fourth-order valence-corrected chi connectivity index (χ4v) is 1.45. The highest BCUT2D eigenvalue weighted by Crippen LogP contribution is 2.20. The van der Waals surface area contributed by atoms with Crippen LogP contribution in [0.15, 0.2) is 30.3 Å². The molecular formula is C11H10N4O2. The van der Waals surface area contributed by atoms with Crippen molar-refractivity contribution in [1.29, 1.82) is 0 Å². The highest BCUT2D eigenvalue weighted by Gasteiger charge is 2.07. The first-order valence-electron chi connectivity index (χ1n) is 4.92. The lowest BCUT2D eigenvalue weighted by Gasteiger charge is -2.02. The number of aromatic nitrogens is 2. The molecule has 0 bridgehead atoms. The van der Waals surface area contributed by atoms with Crippen molar-refractivity contribution in [3.8, 4) is 11.4 Å². The third-order valence-corrected chi connectivity index (χ3v) is 2.21. The van der Waals surface area contributed by atoms with Crippen molar-refractivity contribution in [1.82, 2.24) is 9.97 Å². The summed E-state index contributed by atoms with van der Waals surface area (Å²) in [5, 5.41) is 10.5. The monoisotopic (exact) mass is 230 g/mol. The molecule has 0 aliphatic carbocycles. The minimum Gasteiger partial charge on any atom is -0.384 e. The largest absolute Gasteiger partial charge is 0.384 e. The molecule has 1 aromatic carbocycles. The van der Waals surface area contributed by atoms with E-state index < -0.39 is 4.92 Å². The fraction of sp³-hybridized carbons (Fsp3) is 0.0909. The smallest absolute Gasteiger partial charge is 0.269 e. The molecule has 2 aromatic rings. The van der Waals surface area contributed by atoms with Gasteiger partial charge in [-0.1, -0.05) is 0 Å². The molecule has 17 heavy (non-hydrogen) atoms. The molecule has 0 unspecified atom stereocenters. The summed E-state index contributed by atoms with van der Waals surface area (Å²) in [6.45, 7) is 1.81. The molecule has 2 N–H and O–H groups in total. The Kier molecular flexibility index (Phi) is 2.70. The summed E-state index contributed by atoms with van der Waals surface area (Å²) in [5.41, 5.74) is 7.11. The number of benzene rings is 1. The van der Waals surface area contributed by atoms with Gasteiger partial charge in [0.1, 0.15) is 5.82 Å². The van der Waals surface area contributed by atoms with Crippen molar-refractivity contribution >= 4 is 11.5 Å². The maximum atomic E-state index is 10.5. The number of nitrogen functional groups attached to an aromatic ring is 1. The Morgan fingerprint density at radius 1 is 1.24 bits per heavy atom. The average molecular weight is 230 g/mol. The zero-order chi connectivity index (χ0) is 12.4. The zero-order valence-corrected chi connectivity index (χ0v) is 9.12. The number of aryl methyl sites for hydroxylation is 1. The summed E-state index contributed by atoms with van der Waals surface area (Å²) in [7, 11) is 0. The van der Waals surface area contributed by atoms with E-state index in [0.29, 0.717) is 17.2 Å². The number of anilines is 1. The van der Waals surface area contributed by atoms with Gasteiger partial charge in [-0.15, -0.1) is 0 Å². The van der Waals surface area contributed by atoms with Gasteiger partial charge in [-0.05, 0) is 19.1 Å². The van der Waals surface area contributed by atoms with E-state index in [1.54, 1.807) is 18.2 Å². The number of nitro groups is 1. The Bertz CT molecular complexity index is 546. The van der Waals surface area contributed by atoms with Gasteiger partial charge in [0.2, 0.25) is 0 Å². The van der Waals surface area contributed by atoms with Crippen LogP contribution in [-0.4, -0.2) is 14.9 Å². The predicted octanol–water partition coefficient (Wildman–Crippen LogP) is 1.94. The molecule has 0 aliphatic heterocycles. The standard InChI is InChI=1S/C11H10N4O2/c1-7-6-10(12)14-11(13-7)8-2-4-9(5-3-8)15(16)17/h2-6H,1H3,(H2,12,13,14). The number of non-ortho nitro benzene ring substituents is 1. The van der Waals surface area contributed by atoms with Crippen molar-refractivity contribution < 1.29 is 4.92 Å². The van der Waals surface area contributed by atoms with Crippen LogP contribution in [0, 0.1) is 17.0 Å². The van der Waals surface area contributed by atoms with Crippen LogP contribution in [0.5, 0.6) is 0 Å². The van der Waals surface area contributed by atoms with Gasteiger partial charge < -0.3 is 5.73 Å². The lowest BCUT2D eigenvalue weighted by molar-refractivity contribution is -0.384. The number of nitrogens with two attached hydrogens (primary N) is 1. The third-order valence-electron chi connectivity index (χ3n) is 2.21. The van der Waals surface area contributed by atoms with E-state index in [9.17, 15) is 10.1 Å². The van der Waals surface area contributed by atoms with Crippen LogP contribution in [0.1, 0.15) is 5.69 Å².